The first-order valence-electron chi connectivity index (χ1n) is 8.23. The number of thiophene rings is 1. The lowest BCUT2D eigenvalue weighted by Gasteiger charge is -2.16. The third kappa shape index (κ3) is 3.85. The summed E-state index contributed by atoms with van der Waals surface area (Å²) in [6, 6.07) is 13.7. The molecule has 0 saturated carbocycles. The summed E-state index contributed by atoms with van der Waals surface area (Å²) in [5.41, 5.74) is 0.999. The van der Waals surface area contributed by atoms with E-state index in [0.717, 1.165) is 18.4 Å². The summed E-state index contributed by atoms with van der Waals surface area (Å²) in [6.45, 7) is 0.811. The normalized spacial score (nSPS) is 20.2. The fourth-order valence-electron chi connectivity index (χ4n) is 3.32. The van der Waals surface area contributed by atoms with Crippen LogP contribution in [-0.2, 0) is 16.0 Å². The molecule has 0 aliphatic carbocycles. The van der Waals surface area contributed by atoms with Crippen LogP contribution in [0.25, 0.3) is 0 Å². The van der Waals surface area contributed by atoms with Crippen molar-refractivity contribution in [1.82, 2.24) is 4.90 Å². The average molecular weight is 343 g/mol. The highest BCUT2D eigenvalue weighted by Crippen LogP contribution is 2.33. The molecule has 0 unspecified atom stereocenters. The van der Waals surface area contributed by atoms with Gasteiger partial charge in [-0.3, -0.25) is 9.59 Å². The van der Waals surface area contributed by atoms with Crippen molar-refractivity contribution in [3.63, 3.8) is 0 Å². The van der Waals surface area contributed by atoms with Crippen molar-refractivity contribution in [3.8, 4) is 0 Å². The summed E-state index contributed by atoms with van der Waals surface area (Å²) in [6.07, 6.45) is 2.19. The summed E-state index contributed by atoms with van der Waals surface area (Å²) < 4.78 is 0. The third-order valence-electron chi connectivity index (χ3n) is 4.61. The quantitative estimate of drug-likeness (QED) is 0.874. The molecule has 4 nitrogen and oxygen atoms in total. The van der Waals surface area contributed by atoms with Gasteiger partial charge in [0.1, 0.15) is 0 Å². The van der Waals surface area contributed by atoms with Gasteiger partial charge in [0, 0.05) is 30.3 Å². The Balaban J connectivity index is 1.60. The van der Waals surface area contributed by atoms with Crippen molar-refractivity contribution in [1.29, 1.82) is 0 Å². The Morgan fingerprint density at radius 1 is 1.12 bits per heavy atom. The van der Waals surface area contributed by atoms with Crippen molar-refractivity contribution < 1.29 is 14.7 Å². The molecule has 1 aliphatic rings. The molecule has 3 rings (SSSR count). The van der Waals surface area contributed by atoms with Crippen LogP contribution in [0.15, 0.2) is 47.8 Å². The summed E-state index contributed by atoms with van der Waals surface area (Å²) >= 11 is 1.71. The summed E-state index contributed by atoms with van der Waals surface area (Å²) in [5.74, 6) is -1.40. The lowest BCUT2D eigenvalue weighted by atomic mass is 9.89. The Bertz CT molecular complexity index is 684. The summed E-state index contributed by atoms with van der Waals surface area (Å²) in [4.78, 5) is 27.1. The number of hydrogen-bond donors (Lipinski definition) is 1. The molecule has 2 aromatic rings. The first-order chi connectivity index (χ1) is 11.6. The topological polar surface area (TPSA) is 57.6 Å². The maximum Gasteiger partial charge on any atom is 0.308 e. The lowest BCUT2D eigenvalue weighted by molar-refractivity contribution is -0.141. The second kappa shape index (κ2) is 7.62. The van der Waals surface area contributed by atoms with Gasteiger partial charge >= 0.3 is 5.97 Å². The number of rotatable bonds is 6. The van der Waals surface area contributed by atoms with Crippen LogP contribution in [0.3, 0.4) is 0 Å². The molecule has 126 valence electrons. The van der Waals surface area contributed by atoms with Gasteiger partial charge in [0.15, 0.2) is 0 Å². The lowest BCUT2D eigenvalue weighted by Crippen LogP contribution is -2.29. The number of carboxylic acid groups (broad SMARTS) is 1. The molecule has 2 heterocycles. The molecule has 1 aliphatic heterocycles. The van der Waals surface area contributed by atoms with Crippen LogP contribution < -0.4 is 0 Å². The van der Waals surface area contributed by atoms with Crippen LogP contribution in [-0.4, -0.2) is 35.0 Å². The molecule has 1 aromatic carbocycles. The van der Waals surface area contributed by atoms with Crippen molar-refractivity contribution in [3.05, 3.63) is 58.3 Å². The number of amides is 1. The highest BCUT2D eigenvalue weighted by Gasteiger charge is 2.40. The molecule has 1 fully saturated rings. The Morgan fingerprint density at radius 3 is 2.58 bits per heavy atom. The van der Waals surface area contributed by atoms with Crippen LogP contribution in [0.2, 0.25) is 0 Å². The van der Waals surface area contributed by atoms with Gasteiger partial charge in [0.25, 0.3) is 0 Å². The molecule has 0 radical (unpaired) electrons. The number of aliphatic carboxylic acids is 1. The van der Waals surface area contributed by atoms with E-state index in [1.54, 1.807) is 16.2 Å². The Hall–Kier alpha value is -2.14. The number of nitrogens with zero attached hydrogens (tertiary/aromatic N) is 1. The molecule has 1 saturated heterocycles. The molecular formula is C19H21NO3S. The number of carbonyl (C=O) groups is 2. The van der Waals surface area contributed by atoms with E-state index in [9.17, 15) is 14.7 Å². The molecule has 5 heteroatoms. The number of carbonyl (C=O) groups excluding carboxylic acids is 1. The SMILES string of the molecule is O=C(O)[C@@H]1CN(C(=O)CCCc2cccs2)C[C@@H]1c1ccccc1. The fourth-order valence-corrected chi connectivity index (χ4v) is 4.07. The molecule has 1 amide bonds. The van der Waals surface area contributed by atoms with Gasteiger partial charge in [0.05, 0.1) is 5.92 Å². The fraction of sp³-hybridized carbons (Fsp3) is 0.368. The highest BCUT2D eigenvalue weighted by atomic mass is 32.1. The zero-order valence-electron chi connectivity index (χ0n) is 13.4. The predicted molar refractivity (Wildman–Crippen MR) is 94.1 cm³/mol. The van der Waals surface area contributed by atoms with E-state index in [1.807, 2.05) is 41.8 Å². The van der Waals surface area contributed by atoms with E-state index in [2.05, 4.69) is 6.07 Å². The molecule has 1 N–H and O–H groups in total. The summed E-state index contributed by atoms with van der Waals surface area (Å²) in [5, 5.41) is 11.6. The van der Waals surface area contributed by atoms with Crippen LogP contribution in [0.5, 0.6) is 0 Å². The third-order valence-corrected chi connectivity index (χ3v) is 5.55. The van der Waals surface area contributed by atoms with E-state index >= 15 is 0 Å². The monoisotopic (exact) mass is 343 g/mol. The standard InChI is InChI=1S/C19H21NO3S/c21-18(10-4-8-15-9-5-11-24-15)20-12-16(17(13-20)19(22)23)14-6-2-1-3-7-14/h1-3,5-7,9,11,16-17H,4,8,10,12-13H2,(H,22,23)/t16-,17-/m1/s1. The number of hydrogen-bond acceptors (Lipinski definition) is 3. The maximum atomic E-state index is 12.5. The Labute approximate surface area is 145 Å². The Morgan fingerprint density at radius 2 is 1.92 bits per heavy atom. The zero-order valence-corrected chi connectivity index (χ0v) is 14.2. The number of carboxylic acids is 1. The van der Waals surface area contributed by atoms with E-state index in [4.69, 9.17) is 0 Å². The van der Waals surface area contributed by atoms with Gasteiger partial charge in [-0.05, 0) is 29.9 Å². The van der Waals surface area contributed by atoms with E-state index in [1.165, 1.54) is 4.88 Å². The van der Waals surface area contributed by atoms with E-state index < -0.39 is 11.9 Å². The summed E-state index contributed by atoms with van der Waals surface area (Å²) in [7, 11) is 0. The minimum absolute atomic E-state index is 0.0660. The average Bonchev–Trinajstić information content (AvgIpc) is 3.25. The second-order valence-electron chi connectivity index (χ2n) is 6.19. The molecule has 0 spiro atoms. The van der Waals surface area contributed by atoms with Gasteiger partial charge in [-0.25, -0.2) is 0 Å². The number of likely N-dealkylation sites (tertiary alicyclic amines) is 1. The predicted octanol–water partition coefficient (Wildman–Crippen LogP) is 3.40. The van der Waals surface area contributed by atoms with Gasteiger partial charge in [-0.15, -0.1) is 11.3 Å². The molecule has 0 bridgehead atoms. The molecular weight excluding hydrogens is 322 g/mol. The molecule has 2 atom stereocenters. The van der Waals surface area contributed by atoms with Crippen molar-refractivity contribution in [2.24, 2.45) is 5.92 Å². The van der Waals surface area contributed by atoms with Gasteiger partial charge in [-0.1, -0.05) is 36.4 Å². The van der Waals surface area contributed by atoms with E-state index in [0.29, 0.717) is 19.5 Å². The van der Waals surface area contributed by atoms with Gasteiger partial charge in [-0.2, -0.15) is 0 Å². The highest BCUT2D eigenvalue weighted by molar-refractivity contribution is 7.09. The van der Waals surface area contributed by atoms with E-state index in [-0.39, 0.29) is 11.8 Å². The van der Waals surface area contributed by atoms with Gasteiger partial charge < -0.3 is 10.0 Å². The maximum absolute atomic E-state index is 12.5. The molecule has 24 heavy (non-hydrogen) atoms. The van der Waals surface area contributed by atoms with Crippen LogP contribution in [0.4, 0.5) is 0 Å². The van der Waals surface area contributed by atoms with Crippen molar-refractivity contribution >= 4 is 23.2 Å². The van der Waals surface area contributed by atoms with Crippen LogP contribution in [0.1, 0.15) is 29.2 Å². The van der Waals surface area contributed by atoms with Crippen LogP contribution >= 0.6 is 11.3 Å². The minimum Gasteiger partial charge on any atom is -0.481 e. The van der Waals surface area contributed by atoms with Crippen molar-refractivity contribution in [2.45, 2.75) is 25.2 Å². The molecule has 1 aromatic heterocycles. The van der Waals surface area contributed by atoms with Crippen molar-refractivity contribution in [2.75, 3.05) is 13.1 Å². The first kappa shape index (κ1) is 16.7. The smallest absolute Gasteiger partial charge is 0.308 e. The number of benzene rings is 1. The van der Waals surface area contributed by atoms with Crippen LogP contribution in [0, 0.1) is 5.92 Å². The second-order valence-corrected chi connectivity index (χ2v) is 7.23. The number of aryl methyl sites for hydroxylation is 1. The van der Waals surface area contributed by atoms with Gasteiger partial charge in [0.2, 0.25) is 5.91 Å². The minimum atomic E-state index is -0.822. The largest absolute Gasteiger partial charge is 0.481 e. The first-order valence-corrected chi connectivity index (χ1v) is 9.11. The zero-order chi connectivity index (χ0) is 16.9. The Kier molecular flexibility index (Phi) is 5.30.